The van der Waals surface area contributed by atoms with E-state index < -0.39 is 13.5 Å². The van der Waals surface area contributed by atoms with Crippen LogP contribution < -0.4 is 10.4 Å². The van der Waals surface area contributed by atoms with Crippen molar-refractivity contribution in [2.45, 2.75) is 18.5 Å². The van der Waals surface area contributed by atoms with Gasteiger partial charge in [0.2, 0.25) is 0 Å². The number of benzene rings is 7. The Kier molecular flexibility index (Phi) is 6.89. The van der Waals surface area contributed by atoms with Gasteiger partial charge in [0, 0.05) is 16.7 Å². The third kappa shape index (κ3) is 4.42. The van der Waals surface area contributed by atoms with Crippen LogP contribution in [0.2, 0.25) is 13.1 Å². The fraction of sp³-hybridized carbons (Fsp3) is 0.0612. The molecule has 0 saturated carbocycles. The molecule has 52 heavy (non-hydrogen) atoms. The minimum Gasteiger partial charge on any atom is -0.228 e. The Morgan fingerprint density at radius 3 is 1.56 bits per heavy atom. The first kappa shape index (κ1) is 30.6. The normalized spacial score (nSPS) is 14.3. The standard InChI is InChI=1S/C49H36N2Si/c1-52(2)45-29-13-11-26-40(45)49(41-27-12-14-30-46(41)52)39-25-10-9-23-37(39)47-38(24-16-28-42(47)49)48-50-43(34-19-7-4-8-20-34)32-44(51-48)36-22-15-21-35(31-36)33-17-5-3-6-18-33/h3-32H,1-2H3. The maximum Gasteiger partial charge on any atom is 0.161 e. The molecule has 1 aliphatic heterocycles. The summed E-state index contributed by atoms with van der Waals surface area (Å²) in [7, 11) is -1.99. The number of hydrogen-bond donors (Lipinski definition) is 0. The van der Waals surface area contributed by atoms with Gasteiger partial charge in [-0.25, -0.2) is 9.97 Å². The van der Waals surface area contributed by atoms with Crippen molar-refractivity contribution in [1.82, 2.24) is 9.97 Å². The smallest absolute Gasteiger partial charge is 0.161 e. The highest BCUT2D eigenvalue weighted by Gasteiger charge is 2.54. The van der Waals surface area contributed by atoms with Crippen LogP contribution in [-0.4, -0.2) is 18.0 Å². The van der Waals surface area contributed by atoms with Crippen LogP contribution in [0.1, 0.15) is 22.3 Å². The SMILES string of the molecule is C[Si]1(C)c2ccccc2C2(c3ccccc3-c3c(-c4nc(-c5ccccc5)cc(-c5cccc(-c6ccccc6)c5)n4)cccc32)c2ccccc21. The summed E-state index contributed by atoms with van der Waals surface area (Å²) in [6.07, 6.45) is 0. The Hall–Kier alpha value is -6.16. The average molecular weight is 681 g/mol. The van der Waals surface area contributed by atoms with Crippen LogP contribution in [0, 0.1) is 0 Å². The molecule has 2 aliphatic rings. The van der Waals surface area contributed by atoms with Crippen molar-refractivity contribution in [3.63, 3.8) is 0 Å². The Balaban J connectivity index is 1.26. The maximum absolute atomic E-state index is 5.43. The minimum atomic E-state index is -1.99. The van der Waals surface area contributed by atoms with Gasteiger partial charge in [-0.1, -0.05) is 183 Å². The Morgan fingerprint density at radius 1 is 0.385 bits per heavy atom. The van der Waals surface area contributed by atoms with Crippen molar-refractivity contribution in [2.75, 3.05) is 0 Å². The summed E-state index contributed by atoms with van der Waals surface area (Å²) in [5, 5.41) is 3.01. The van der Waals surface area contributed by atoms with Crippen molar-refractivity contribution in [3.05, 3.63) is 204 Å². The highest BCUT2D eigenvalue weighted by Crippen LogP contribution is 2.58. The molecule has 3 heteroatoms. The zero-order chi connectivity index (χ0) is 34.9. The van der Waals surface area contributed by atoms with Crippen LogP contribution in [0.15, 0.2) is 182 Å². The molecule has 0 unspecified atom stereocenters. The van der Waals surface area contributed by atoms with Gasteiger partial charge in [-0.3, -0.25) is 0 Å². The second-order valence-corrected chi connectivity index (χ2v) is 18.8. The Bertz CT molecular complexity index is 2610. The van der Waals surface area contributed by atoms with Crippen molar-refractivity contribution in [3.8, 4) is 56.2 Å². The van der Waals surface area contributed by atoms with Gasteiger partial charge >= 0.3 is 0 Å². The quantitative estimate of drug-likeness (QED) is 0.173. The van der Waals surface area contributed by atoms with Gasteiger partial charge in [0.25, 0.3) is 0 Å². The minimum absolute atomic E-state index is 0.443. The van der Waals surface area contributed by atoms with Crippen molar-refractivity contribution < 1.29 is 0 Å². The molecule has 0 bridgehead atoms. The predicted molar refractivity (Wildman–Crippen MR) is 218 cm³/mol. The summed E-state index contributed by atoms with van der Waals surface area (Å²) in [6, 6.07) is 66.2. The summed E-state index contributed by atoms with van der Waals surface area (Å²) in [6.45, 7) is 5.01. The molecule has 246 valence electrons. The second-order valence-electron chi connectivity index (χ2n) is 14.5. The fourth-order valence-electron chi connectivity index (χ4n) is 9.06. The van der Waals surface area contributed by atoms with Gasteiger partial charge in [-0.15, -0.1) is 0 Å². The fourth-order valence-corrected chi connectivity index (χ4v) is 12.3. The summed E-state index contributed by atoms with van der Waals surface area (Å²) < 4.78 is 0. The molecule has 1 spiro atoms. The summed E-state index contributed by atoms with van der Waals surface area (Å²) in [5.41, 5.74) is 14.8. The summed E-state index contributed by atoms with van der Waals surface area (Å²) in [5.74, 6) is 0.734. The van der Waals surface area contributed by atoms with E-state index in [2.05, 4.69) is 195 Å². The van der Waals surface area contributed by atoms with Crippen LogP contribution in [0.3, 0.4) is 0 Å². The molecule has 10 rings (SSSR count). The summed E-state index contributed by atoms with van der Waals surface area (Å²) >= 11 is 0. The topological polar surface area (TPSA) is 25.8 Å². The van der Waals surface area contributed by atoms with Crippen LogP contribution in [0.5, 0.6) is 0 Å². The van der Waals surface area contributed by atoms with E-state index in [0.717, 1.165) is 39.5 Å². The molecule has 2 heterocycles. The molecule has 0 saturated heterocycles. The highest BCUT2D eigenvalue weighted by atomic mass is 28.3. The highest BCUT2D eigenvalue weighted by molar-refractivity contribution is 7.01. The predicted octanol–water partition coefficient (Wildman–Crippen LogP) is 10.6. The molecule has 1 aliphatic carbocycles. The van der Waals surface area contributed by atoms with Crippen LogP contribution in [0.4, 0.5) is 0 Å². The maximum atomic E-state index is 5.43. The number of rotatable bonds is 4. The molecule has 0 N–H and O–H groups in total. The first-order chi connectivity index (χ1) is 25.5. The largest absolute Gasteiger partial charge is 0.228 e. The van der Waals surface area contributed by atoms with E-state index in [4.69, 9.17) is 9.97 Å². The van der Waals surface area contributed by atoms with Crippen LogP contribution in [0.25, 0.3) is 56.2 Å². The van der Waals surface area contributed by atoms with Crippen molar-refractivity contribution in [1.29, 1.82) is 0 Å². The lowest BCUT2D eigenvalue weighted by Gasteiger charge is -2.45. The van der Waals surface area contributed by atoms with E-state index in [1.165, 1.54) is 49.3 Å². The first-order valence-corrected chi connectivity index (χ1v) is 21.1. The molecule has 2 nitrogen and oxygen atoms in total. The third-order valence-electron chi connectivity index (χ3n) is 11.4. The second kappa shape index (κ2) is 11.7. The van der Waals surface area contributed by atoms with Gasteiger partial charge in [-0.2, -0.15) is 0 Å². The molecule has 0 atom stereocenters. The molecule has 0 fully saturated rings. The first-order valence-electron chi connectivity index (χ1n) is 18.1. The number of fused-ring (bicyclic) bond motifs is 9. The Labute approximate surface area is 306 Å². The molecule has 1 aromatic heterocycles. The van der Waals surface area contributed by atoms with E-state index in [-0.39, 0.29) is 0 Å². The van der Waals surface area contributed by atoms with E-state index >= 15 is 0 Å². The molecule has 8 aromatic rings. The zero-order valence-electron chi connectivity index (χ0n) is 29.2. The summed E-state index contributed by atoms with van der Waals surface area (Å²) in [4.78, 5) is 10.8. The van der Waals surface area contributed by atoms with Crippen LogP contribution >= 0.6 is 0 Å². The lowest BCUT2D eigenvalue weighted by molar-refractivity contribution is 0.773. The van der Waals surface area contributed by atoms with E-state index in [1.54, 1.807) is 0 Å². The molecule has 0 radical (unpaired) electrons. The number of aromatic nitrogens is 2. The third-order valence-corrected chi connectivity index (χ3v) is 14.9. The zero-order valence-corrected chi connectivity index (χ0v) is 30.2. The van der Waals surface area contributed by atoms with Crippen LogP contribution in [-0.2, 0) is 5.41 Å². The van der Waals surface area contributed by atoms with E-state index in [9.17, 15) is 0 Å². The molecular formula is C49H36N2Si. The van der Waals surface area contributed by atoms with Gasteiger partial charge in [0.05, 0.1) is 16.8 Å². The molecule has 0 amide bonds. The number of hydrogen-bond acceptors (Lipinski definition) is 2. The van der Waals surface area contributed by atoms with Crippen molar-refractivity contribution in [2.24, 2.45) is 0 Å². The van der Waals surface area contributed by atoms with Gasteiger partial charge in [-0.05, 0) is 67.0 Å². The van der Waals surface area contributed by atoms with Gasteiger partial charge in [0.15, 0.2) is 5.82 Å². The molecular weight excluding hydrogens is 645 g/mol. The average Bonchev–Trinajstić information content (AvgIpc) is 3.52. The van der Waals surface area contributed by atoms with E-state index in [1.807, 2.05) is 0 Å². The molecule has 7 aromatic carbocycles. The van der Waals surface area contributed by atoms with E-state index in [0.29, 0.717) is 0 Å². The lowest BCUT2D eigenvalue weighted by Crippen LogP contribution is -2.63. The van der Waals surface area contributed by atoms with Gasteiger partial charge < -0.3 is 0 Å². The Morgan fingerprint density at radius 2 is 0.865 bits per heavy atom. The monoisotopic (exact) mass is 680 g/mol. The van der Waals surface area contributed by atoms with Gasteiger partial charge in [0.1, 0.15) is 8.07 Å². The lowest BCUT2D eigenvalue weighted by atomic mass is 9.67. The van der Waals surface area contributed by atoms with Crippen molar-refractivity contribution >= 4 is 18.4 Å². The number of nitrogens with zero attached hydrogens (tertiary/aromatic N) is 2.